The Hall–Kier alpha value is -0.0800. The van der Waals surface area contributed by atoms with Crippen LogP contribution in [0.5, 0.6) is 0 Å². The minimum atomic E-state index is 0.729. The van der Waals surface area contributed by atoms with E-state index in [9.17, 15) is 0 Å². The Balaban J connectivity index is 1.65. The molecule has 1 aliphatic carbocycles. The summed E-state index contributed by atoms with van der Waals surface area (Å²) >= 11 is 0. The van der Waals surface area contributed by atoms with Gasteiger partial charge in [0.25, 0.3) is 0 Å². The molecule has 3 atom stereocenters. The first-order chi connectivity index (χ1) is 8.70. The largest absolute Gasteiger partial charge is 0.381 e. The lowest BCUT2D eigenvalue weighted by Crippen LogP contribution is -2.41. The van der Waals surface area contributed by atoms with E-state index in [1.807, 2.05) is 0 Å². The van der Waals surface area contributed by atoms with Crippen LogP contribution in [0.1, 0.15) is 46.0 Å². The van der Waals surface area contributed by atoms with Crippen molar-refractivity contribution in [3.63, 3.8) is 0 Å². The van der Waals surface area contributed by atoms with Gasteiger partial charge in [-0.3, -0.25) is 0 Å². The number of likely N-dealkylation sites (tertiary alicyclic amines) is 1. The van der Waals surface area contributed by atoms with Gasteiger partial charge in [0.1, 0.15) is 0 Å². The molecule has 0 N–H and O–H groups in total. The van der Waals surface area contributed by atoms with Crippen LogP contribution in [-0.2, 0) is 4.74 Å². The van der Waals surface area contributed by atoms with Gasteiger partial charge in [-0.1, -0.05) is 20.3 Å². The van der Waals surface area contributed by atoms with Gasteiger partial charge in [-0.15, -0.1) is 0 Å². The second-order valence-corrected chi connectivity index (χ2v) is 6.69. The van der Waals surface area contributed by atoms with Gasteiger partial charge in [-0.25, -0.2) is 0 Å². The minimum Gasteiger partial charge on any atom is -0.381 e. The maximum Gasteiger partial charge on any atom is 0.0497 e. The monoisotopic (exact) mass is 253 g/mol. The fraction of sp³-hybridized carbons (Fsp3) is 1.00. The molecule has 0 aromatic carbocycles. The minimum absolute atomic E-state index is 0.729. The molecule has 3 unspecified atom stereocenters. The summed E-state index contributed by atoms with van der Waals surface area (Å²) in [6.45, 7) is 9.14. The van der Waals surface area contributed by atoms with Crippen LogP contribution in [0.4, 0.5) is 0 Å². The molecule has 0 aromatic heterocycles. The lowest BCUT2D eigenvalue weighted by molar-refractivity contribution is -0.0152. The van der Waals surface area contributed by atoms with Crippen LogP contribution in [0.25, 0.3) is 0 Å². The Kier molecular flexibility index (Phi) is 5.50. The number of nitrogens with zero attached hydrogens (tertiary/aromatic N) is 1. The standard InChI is InChI=1S/C16H31NO/c1-4-13(2)11-18-12-15-5-6-16(15)14-7-9-17(3)10-8-14/h13-16H,4-12H2,1-3H3. The van der Waals surface area contributed by atoms with E-state index in [0.717, 1.165) is 36.9 Å². The Bertz CT molecular complexity index is 235. The van der Waals surface area contributed by atoms with E-state index in [4.69, 9.17) is 4.74 Å². The topological polar surface area (TPSA) is 12.5 Å². The quantitative estimate of drug-likeness (QED) is 0.719. The van der Waals surface area contributed by atoms with Crippen molar-refractivity contribution in [1.82, 2.24) is 4.90 Å². The first kappa shape index (κ1) is 14.3. The van der Waals surface area contributed by atoms with Gasteiger partial charge in [0, 0.05) is 13.2 Å². The molecule has 1 saturated carbocycles. The van der Waals surface area contributed by atoms with Gasteiger partial charge in [-0.05, 0) is 69.5 Å². The molecule has 2 fully saturated rings. The van der Waals surface area contributed by atoms with E-state index < -0.39 is 0 Å². The first-order valence-electron chi connectivity index (χ1n) is 7.97. The molecule has 0 aromatic rings. The molecule has 1 aliphatic heterocycles. The third kappa shape index (κ3) is 3.71. The summed E-state index contributed by atoms with van der Waals surface area (Å²) in [6.07, 6.45) is 6.96. The molecule has 0 bridgehead atoms. The first-order valence-corrected chi connectivity index (χ1v) is 7.97. The predicted octanol–water partition coefficient (Wildman–Crippen LogP) is 3.42. The highest BCUT2D eigenvalue weighted by Crippen LogP contribution is 2.43. The molecule has 0 radical (unpaired) electrons. The summed E-state index contributed by atoms with van der Waals surface area (Å²) in [7, 11) is 2.25. The molecule has 0 amide bonds. The van der Waals surface area contributed by atoms with Crippen LogP contribution in [0.15, 0.2) is 0 Å². The number of ether oxygens (including phenoxy) is 1. The van der Waals surface area contributed by atoms with Crippen LogP contribution in [-0.4, -0.2) is 38.3 Å². The Morgan fingerprint density at radius 3 is 2.44 bits per heavy atom. The SMILES string of the molecule is CCC(C)COCC1CCC1C1CCN(C)CC1. The van der Waals surface area contributed by atoms with Crippen molar-refractivity contribution in [1.29, 1.82) is 0 Å². The van der Waals surface area contributed by atoms with Crippen molar-refractivity contribution in [3.8, 4) is 0 Å². The van der Waals surface area contributed by atoms with Crippen LogP contribution in [0.3, 0.4) is 0 Å². The molecule has 1 saturated heterocycles. The molecule has 2 nitrogen and oxygen atoms in total. The molecule has 1 heterocycles. The Labute approximate surface area is 113 Å². The second-order valence-electron chi connectivity index (χ2n) is 6.69. The molecule has 2 aliphatic rings. The van der Waals surface area contributed by atoms with E-state index in [1.165, 1.54) is 45.2 Å². The zero-order valence-electron chi connectivity index (χ0n) is 12.5. The van der Waals surface area contributed by atoms with Gasteiger partial charge in [0.15, 0.2) is 0 Å². The zero-order chi connectivity index (χ0) is 13.0. The van der Waals surface area contributed by atoms with E-state index in [0.29, 0.717) is 0 Å². The van der Waals surface area contributed by atoms with Crippen molar-refractivity contribution < 1.29 is 4.74 Å². The van der Waals surface area contributed by atoms with E-state index in [-0.39, 0.29) is 0 Å². The van der Waals surface area contributed by atoms with Crippen LogP contribution in [0, 0.1) is 23.7 Å². The van der Waals surface area contributed by atoms with E-state index >= 15 is 0 Å². The summed E-state index contributed by atoms with van der Waals surface area (Å²) < 4.78 is 5.92. The van der Waals surface area contributed by atoms with E-state index in [1.54, 1.807) is 0 Å². The number of hydrogen-bond donors (Lipinski definition) is 0. The zero-order valence-corrected chi connectivity index (χ0v) is 12.5. The highest BCUT2D eigenvalue weighted by molar-refractivity contribution is 4.88. The molecule has 2 heteroatoms. The molecular weight excluding hydrogens is 222 g/mol. The molecule has 18 heavy (non-hydrogen) atoms. The Morgan fingerprint density at radius 2 is 1.89 bits per heavy atom. The average Bonchev–Trinajstić information content (AvgIpc) is 2.35. The maximum atomic E-state index is 5.92. The normalized spacial score (nSPS) is 32.2. The summed E-state index contributed by atoms with van der Waals surface area (Å²) in [5.74, 6) is 3.58. The summed E-state index contributed by atoms with van der Waals surface area (Å²) in [5.41, 5.74) is 0. The van der Waals surface area contributed by atoms with Crippen LogP contribution >= 0.6 is 0 Å². The van der Waals surface area contributed by atoms with Crippen molar-refractivity contribution in [2.24, 2.45) is 23.7 Å². The van der Waals surface area contributed by atoms with Crippen molar-refractivity contribution >= 4 is 0 Å². The fourth-order valence-corrected chi connectivity index (χ4v) is 3.42. The summed E-state index contributed by atoms with van der Waals surface area (Å²) in [6, 6.07) is 0. The van der Waals surface area contributed by atoms with Gasteiger partial charge in [-0.2, -0.15) is 0 Å². The summed E-state index contributed by atoms with van der Waals surface area (Å²) in [5, 5.41) is 0. The highest BCUT2D eigenvalue weighted by atomic mass is 16.5. The molecule has 0 spiro atoms. The van der Waals surface area contributed by atoms with E-state index in [2.05, 4.69) is 25.8 Å². The highest BCUT2D eigenvalue weighted by Gasteiger charge is 2.37. The smallest absolute Gasteiger partial charge is 0.0497 e. The molecular formula is C16H31NO. The van der Waals surface area contributed by atoms with Crippen molar-refractivity contribution in [2.45, 2.75) is 46.0 Å². The third-order valence-corrected chi connectivity index (χ3v) is 5.28. The van der Waals surface area contributed by atoms with Crippen molar-refractivity contribution in [3.05, 3.63) is 0 Å². The average molecular weight is 253 g/mol. The van der Waals surface area contributed by atoms with Crippen LogP contribution in [0.2, 0.25) is 0 Å². The van der Waals surface area contributed by atoms with Gasteiger partial charge >= 0.3 is 0 Å². The summed E-state index contributed by atoms with van der Waals surface area (Å²) in [4.78, 5) is 2.48. The number of piperidine rings is 1. The predicted molar refractivity (Wildman–Crippen MR) is 76.7 cm³/mol. The van der Waals surface area contributed by atoms with Crippen LogP contribution < -0.4 is 0 Å². The van der Waals surface area contributed by atoms with Crippen molar-refractivity contribution in [2.75, 3.05) is 33.4 Å². The fourth-order valence-electron chi connectivity index (χ4n) is 3.42. The molecule has 106 valence electrons. The lowest BCUT2D eigenvalue weighted by atomic mass is 9.65. The van der Waals surface area contributed by atoms with Gasteiger partial charge in [0.05, 0.1) is 0 Å². The Morgan fingerprint density at radius 1 is 1.17 bits per heavy atom. The molecule has 2 rings (SSSR count). The van der Waals surface area contributed by atoms with Gasteiger partial charge in [0.2, 0.25) is 0 Å². The number of hydrogen-bond acceptors (Lipinski definition) is 2. The number of rotatable bonds is 6. The second kappa shape index (κ2) is 6.91. The maximum absolute atomic E-state index is 5.92. The van der Waals surface area contributed by atoms with Gasteiger partial charge < -0.3 is 9.64 Å². The lowest BCUT2D eigenvalue weighted by Gasteiger charge is -2.44. The third-order valence-electron chi connectivity index (χ3n) is 5.28.